The molecule has 4 nitrogen and oxygen atoms in total. The Morgan fingerprint density at radius 2 is 2.21 bits per heavy atom. The second-order valence-corrected chi connectivity index (χ2v) is 4.23. The Bertz CT molecular complexity index is 418. The molecule has 1 saturated heterocycles. The third-order valence-electron chi connectivity index (χ3n) is 2.98. The molecule has 2 aliphatic rings. The van der Waals surface area contributed by atoms with Crippen LogP contribution in [0.2, 0.25) is 0 Å². The van der Waals surface area contributed by atoms with Crippen LogP contribution in [0.25, 0.3) is 0 Å². The van der Waals surface area contributed by atoms with Gasteiger partial charge in [-0.15, -0.1) is 0 Å². The lowest BCUT2D eigenvalue weighted by atomic mass is 9.63. The average Bonchev–Trinajstić information content (AvgIpc) is 2.08. The van der Waals surface area contributed by atoms with Gasteiger partial charge in [-0.2, -0.15) is 0 Å². The molecule has 1 saturated carbocycles. The third-order valence-corrected chi connectivity index (χ3v) is 2.98. The van der Waals surface area contributed by atoms with Gasteiger partial charge in [0, 0.05) is 43.7 Å². The van der Waals surface area contributed by atoms with Crippen molar-refractivity contribution < 1.29 is 6.17 Å². The summed E-state index contributed by atoms with van der Waals surface area (Å²) in [5, 5.41) is 0. The molecule has 2 heterocycles. The maximum atomic E-state index is 10.9. The van der Waals surface area contributed by atoms with E-state index in [2.05, 4.69) is 9.97 Å². The molecule has 0 unspecified atom stereocenters. The minimum absolute atomic E-state index is 0.221. The molecule has 0 amide bonds. The van der Waals surface area contributed by atoms with Crippen molar-refractivity contribution in [3.63, 3.8) is 0 Å². The Labute approximate surface area is 83.4 Å². The molecule has 1 spiro atoms. The SMILES string of the molecule is [2H]c1ccnc(N2CC3(CC(=O)C3)C2)n1. The van der Waals surface area contributed by atoms with Gasteiger partial charge in [0.25, 0.3) is 0 Å². The number of ketones is 1. The highest BCUT2D eigenvalue weighted by Gasteiger charge is 2.52. The number of rotatable bonds is 1. The summed E-state index contributed by atoms with van der Waals surface area (Å²) < 4.78 is 7.39. The molecule has 72 valence electrons. The van der Waals surface area contributed by atoms with Crippen LogP contribution in [0.4, 0.5) is 5.95 Å². The van der Waals surface area contributed by atoms with E-state index in [9.17, 15) is 4.79 Å². The van der Waals surface area contributed by atoms with Gasteiger partial charge in [-0.1, -0.05) is 0 Å². The van der Waals surface area contributed by atoms with Crippen molar-refractivity contribution >= 4 is 11.7 Å². The van der Waals surface area contributed by atoms with Crippen LogP contribution < -0.4 is 4.90 Å². The summed E-state index contributed by atoms with van der Waals surface area (Å²) >= 11 is 0. The molecule has 0 atom stereocenters. The van der Waals surface area contributed by atoms with E-state index in [0.717, 1.165) is 13.1 Å². The van der Waals surface area contributed by atoms with Crippen molar-refractivity contribution in [2.75, 3.05) is 18.0 Å². The second-order valence-electron chi connectivity index (χ2n) is 4.23. The van der Waals surface area contributed by atoms with Gasteiger partial charge >= 0.3 is 0 Å². The number of hydrogen-bond donors (Lipinski definition) is 0. The van der Waals surface area contributed by atoms with Gasteiger partial charge in [-0.05, 0) is 6.07 Å². The first kappa shape index (κ1) is 6.92. The van der Waals surface area contributed by atoms with Gasteiger partial charge in [0.2, 0.25) is 5.95 Å². The number of carbonyl (C=O) groups excluding carboxylic acids is 1. The predicted octanol–water partition coefficient (Wildman–Crippen LogP) is 0.646. The fraction of sp³-hybridized carbons (Fsp3) is 0.500. The molecule has 14 heavy (non-hydrogen) atoms. The Hall–Kier alpha value is -1.45. The molecule has 0 N–H and O–H groups in total. The second kappa shape index (κ2) is 2.53. The molecule has 1 aromatic heterocycles. The zero-order valence-electron chi connectivity index (χ0n) is 8.73. The van der Waals surface area contributed by atoms with E-state index < -0.39 is 0 Å². The van der Waals surface area contributed by atoms with Crippen LogP contribution >= 0.6 is 0 Å². The lowest BCUT2D eigenvalue weighted by Crippen LogP contribution is -2.63. The minimum Gasteiger partial charge on any atom is -0.340 e. The number of nitrogens with zero attached hydrogens (tertiary/aromatic N) is 3. The van der Waals surface area contributed by atoms with E-state index in [-0.39, 0.29) is 11.6 Å². The Kier molecular flexibility index (Phi) is 1.25. The average molecular weight is 190 g/mol. The van der Waals surface area contributed by atoms with Gasteiger partial charge in [0.1, 0.15) is 5.78 Å². The van der Waals surface area contributed by atoms with Crippen molar-refractivity contribution in [3.8, 4) is 0 Å². The van der Waals surface area contributed by atoms with E-state index in [1.807, 2.05) is 4.90 Å². The monoisotopic (exact) mass is 190 g/mol. The first-order valence-electron chi connectivity index (χ1n) is 5.23. The molecule has 2 fully saturated rings. The summed E-state index contributed by atoms with van der Waals surface area (Å²) in [6.45, 7) is 1.73. The summed E-state index contributed by atoms with van der Waals surface area (Å²) in [6, 6.07) is 1.56. The molecule has 1 aliphatic heterocycles. The summed E-state index contributed by atoms with van der Waals surface area (Å²) in [6.07, 6.45) is 3.26. The Morgan fingerprint density at radius 3 is 2.86 bits per heavy atom. The lowest BCUT2D eigenvalue weighted by Gasteiger charge is -2.54. The van der Waals surface area contributed by atoms with E-state index in [1.54, 1.807) is 12.3 Å². The first-order valence-corrected chi connectivity index (χ1v) is 4.73. The number of hydrogen-bond acceptors (Lipinski definition) is 4. The van der Waals surface area contributed by atoms with Crippen molar-refractivity contribution in [2.24, 2.45) is 5.41 Å². The van der Waals surface area contributed by atoms with E-state index in [0.29, 0.717) is 24.6 Å². The van der Waals surface area contributed by atoms with E-state index >= 15 is 0 Å². The van der Waals surface area contributed by atoms with Crippen LogP contribution in [0, 0.1) is 5.41 Å². The van der Waals surface area contributed by atoms with Crippen molar-refractivity contribution in [1.29, 1.82) is 0 Å². The highest BCUT2D eigenvalue weighted by atomic mass is 16.1. The van der Waals surface area contributed by atoms with Gasteiger partial charge in [-0.3, -0.25) is 4.79 Å². The highest BCUT2D eigenvalue weighted by Crippen LogP contribution is 2.46. The van der Waals surface area contributed by atoms with Gasteiger partial charge in [-0.25, -0.2) is 9.97 Å². The van der Waals surface area contributed by atoms with Crippen LogP contribution in [-0.4, -0.2) is 28.8 Å². The molecule has 0 radical (unpaired) electrons. The van der Waals surface area contributed by atoms with Crippen molar-refractivity contribution in [2.45, 2.75) is 12.8 Å². The van der Waals surface area contributed by atoms with Crippen molar-refractivity contribution in [3.05, 3.63) is 18.4 Å². The van der Waals surface area contributed by atoms with E-state index in [4.69, 9.17) is 1.37 Å². The summed E-state index contributed by atoms with van der Waals surface area (Å²) in [7, 11) is 0. The van der Waals surface area contributed by atoms with Crippen LogP contribution in [0.3, 0.4) is 0 Å². The fourth-order valence-electron chi connectivity index (χ4n) is 2.33. The minimum atomic E-state index is 0.221. The quantitative estimate of drug-likeness (QED) is 0.652. The summed E-state index contributed by atoms with van der Waals surface area (Å²) in [5.74, 6) is 0.984. The molecule has 1 aliphatic carbocycles. The molecular weight excluding hydrogens is 178 g/mol. The zero-order valence-corrected chi connectivity index (χ0v) is 7.73. The number of carbonyl (C=O) groups is 1. The molecule has 0 aromatic carbocycles. The van der Waals surface area contributed by atoms with Crippen LogP contribution in [0.15, 0.2) is 18.4 Å². The Morgan fingerprint density at radius 1 is 1.43 bits per heavy atom. The Balaban J connectivity index is 1.70. The number of aromatic nitrogens is 2. The predicted molar refractivity (Wildman–Crippen MR) is 50.9 cm³/mol. The molecule has 4 heteroatoms. The number of anilines is 1. The lowest BCUT2D eigenvalue weighted by molar-refractivity contribution is -0.134. The van der Waals surface area contributed by atoms with Crippen LogP contribution in [0.5, 0.6) is 0 Å². The van der Waals surface area contributed by atoms with Gasteiger partial charge in [0.05, 0.1) is 1.37 Å². The fourth-order valence-corrected chi connectivity index (χ4v) is 2.33. The van der Waals surface area contributed by atoms with Crippen molar-refractivity contribution in [1.82, 2.24) is 9.97 Å². The summed E-state index contributed by atoms with van der Waals surface area (Å²) in [5.41, 5.74) is 0.221. The standard InChI is InChI=1S/C10H11N3O/c14-8-4-10(5-8)6-13(7-10)9-11-2-1-3-12-9/h1-3H,4-7H2/i2D. The number of Topliss-reactive ketones (excluding diaryl/α,β-unsaturated/α-hetero) is 1. The molecule has 1 aromatic rings. The van der Waals surface area contributed by atoms with Gasteiger partial charge in [0.15, 0.2) is 0 Å². The zero-order chi connectivity index (χ0) is 10.5. The maximum Gasteiger partial charge on any atom is 0.225 e. The molecule has 0 bridgehead atoms. The molecular formula is C10H11N3O. The highest BCUT2D eigenvalue weighted by molar-refractivity contribution is 5.87. The first-order chi connectivity index (χ1) is 7.17. The van der Waals surface area contributed by atoms with E-state index in [1.165, 1.54) is 0 Å². The topological polar surface area (TPSA) is 46.1 Å². The summed E-state index contributed by atoms with van der Waals surface area (Å²) in [4.78, 5) is 21.1. The largest absolute Gasteiger partial charge is 0.340 e. The smallest absolute Gasteiger partial charge is 0.225 e. The maximum absolute atomic E-state index is 10.9. The molecule has 3 rings (SSSR count). The van der Waals surface area contributed by atoms with Crippen LogP contribution in [-0.2, 0) is 4.79 Å². The normalized spacial score (nSPS) is 24.1. The van der Waals surface area contributed by atoms with Gasteiger partial charge < -0.3 is 4.90 Å². The van der Waals surface area contributed by atoms with Crippen LogP contribution in [0.1, 0.15) is 14.2 Å². The third kappa shape index (κ3) is 1.03.